The second-order valence-corrected chi connectivity index (χ2v) is 14.2. The van der Waals surface area contributed by atoms with Crippen LogP contribution in [0, 0.1) is 11.8 Å². The maximum absolute atomic E-state index is 14.8. The van der Waals surface area contributed by atoms with Gasteiger partial charge in [-0.25, -0.2) is 0 Å². The molecular weight excluding hydrogens is 666 g/mol. The molecule has 4 heterocycles. The largest absolute Gasteiger partial charge is 0.455 e. The van der Waals surface area contributed by atoms with Crippen LogP contribution in [0.25, 0.3) is 0 Å². The first kappa shape index (κ1) is 35.3. The van der Waals surface area contributed by atoms with E-state index in [1.807, 2.05) is 67.3 Å². The number of hydrogen-bond acceptors (Lipinski definition) is 7. The Morgan fingerprint density at radius 2 is 1.79 bits per heavy atom. The molecule has 2 saturated heterocycles. The molecule has 0 radical (unpaired) electrons. The van der Waals surface area contributed by atoms with E-state index < -0.39 is 47.7 Å². The number of amides is 3. The molecule has 10 nitrogen and oxygen atoms in total. The molecule has 1 spiro atoms. The van der Waals surface area contributed by atoms with Crippen molar-refractivity contribution in [3.8, 4) is 0 Å². The Balaban J connectivity index is 1.57. The van der Waals surface area contributed by atoms with E-state index in [-0.39, 0.29) is 36.8 Å². The van der Waals surface area contributed by atoms with Crippen LogP contribution in [0.15, 0.2) is 53.0 Å². The lowest BCUT2D eigenvalue weighted by atomic mass is 9.74. The number of esters is 1. The molecule has 0 aliphatic carbocycles. The van der Waals surface area contributed by atoms with E-state index in [1.165, 1.54) is 0 Å². The van der Waals surface area contributed by atoms with Crippen LogP contribution in [0.5, 0.6) is 0 Å². The van der Waals surface area contributed by atoms with Crippen LogP contribution in [0.1, 0.15) is 83.8 Å². The van der Waals surface area contributed by atoms with Crippen molar-refractivity contribution in [2.75, 3.05) is 19.7 Å². The summed E-state index contributed by atoms with van der Waals surface area (Å²) < 4.78 is 13.5. The van der Waals surface area contributed by atoms with Gasteiger partial charge in [0.2, 0.25) is 17.7 Å². The van der Waals surface area contributed by atoms with Crippen molar-refractivity contribution >= 4 is 39.6 Å². The highest BCUT2D eigenvalue weighted by Crippen LogP contribution is 2.59. The number of fused-ring (bicyclic) bond motifs is 2. The number of benzene rings is 1. The molecule has 2 fully saturated rings. The lowest BCUT2D eigenvalue weighted by molar-refractivity contribution is -0.161. The zero-order valence-electron chi connectivity index (χ0n) is 27.6. The van der Waals surface area contributed by atoms with Gasteiger partial charge >= 0.3 is 5.97 Å². The first-order chi connectivity index (χ1) is 22.6. The highest BCUT2D eigenvalue weighted by molar-refractivity contribution is 9.11. The average molecular weight is 715 g/mol. The predicted molar refractivity (Wildman–Crippen MR) is 180 cm³/mol. The fraction of sp³-hybridized carbons (Fsp3) is 0.611. The number of ether oxygens (including phenoxy) is 2. The third-order valence-electron chi connectivity index (χ3n) is 9.98. The second-order valence-electron chi connectivity index (χ2n) is 13.3. The van der Waals surface area contributed by atoms with Crippen LogP contribution in [0.3, 0.4) is 0 Å². The summed E-state index contributed by atoms with van der Waals surface area (Å²) in [5.74, 6) is -3.21. The van der Waals surface area contributed by atoms with E-state index in [2.05, 4.69) is 28.2 Å². The molecule has 2 N–H and O–H groups in total. The summed E-state index contributed by atoms with van der Waals surface area (Å²) in [6, 6.07) is 7.64. The van der Waals surface area contributed by atoms with Crippen molar-refractivity contribution in [3.63, 3.8) is 0 Å². The molecule has 0 saturated carbocycles. The number of unbranched alkanes of at least 4 members (excludes halogenated alkanes) is 3. The topological polar surface area (TPSA) is 125 Å². The van der Waals surface area contributed by atoms with Gasteiger partial charge in [-0.05, 0) is 51.2 Å². The molecule has 3 amide bonds. The van der Waals surface area contributed by atoms with Crippen LogP contribution in [0.2, 0.25) is 0 Å². The van der Waals surface area contributed by atoms with Crippen LogP contribution in [-0.4, -0.2) is 88.1 Å². The molecule has 11 heteroatoms. The number of halogens is 1. The second kappa shape index (κ2) is 15.5. The summed E-state index contributed by atoms with van der Waals surface area (Å²) in [6.45, 7) is 6.66. The van der Waals surface area contributed by atoms with E-state index >= 15 is 0 Å². The Morgan fingerprint density at radius 3 is 2.51 bits per heavy atom. The first-order valence-corrected chi connectivity index (χ1v) is 17.9. The maximum Gasteiger partial charge on any atom is 0.313 e. The Morgan fingerprint density at radius 1 is 1.04 bits per heavy atom. The molecule has 4 aliphatic heterocycles. The number of cyclic esters (lactones) is 1. The molecule has 47 heavy (non-hydrogen) atoms. The van der Waals surface area contributed by atoms with E-state index in [0.29, 0.717) is 36.8 Å². The highest BCUT2D eigenvalue weighted by atomic mass is 79.9. The first-order valence-electron chi connectivity index (χ1n) is 17.1. The fourth-order valence-electron chi connectivity index (χ4n) is 7.70. The van der Waals surface area contributed by atoms with Crippen molar-refractivity contribution in [2.45, 2.75) is 108 Å². The van der Waals surface area contributed by atoms with Crippen molar-refractivity contribution < 1.29 is 33.8 Å². The third kappa shape index (κ3) is 7.08. The molecular formula is C36H48BrN3O7. The number of allylic oxidation sites excluding steroid dienone is 1. The Bertz CT molecular complexity index is 1370. The Hall–Kier alpha value is -3.02. The van der Waals surface area contributed by atoms with Crippen LogP contribution in [0.4, 0.5) is 0 Å². The number of aliphatic hydroxyl groups is 1. The van der Waals surface area contributed by atoms with Crippen LogP contribution in [-0.2, 0) is 28.7 Å². The monoisotopic (exact) mass is 713 g/mol. The SMILES string of the molecule is CCCC(C)N1C/C=C\CCC(=O)N[C@@H](C)[C@H](c2ccccc2)OC(=O)[C@H]2[C@@H]3O[C@@]4(C=C3Br)[C@@H]2C(=O)N(CCCCCCO)[C@@H]4C1=O. The van der Waals surface area contributed by atoms with Crippen molar-refractivity contribution in [1.82, 2.24) is 15.1 Å². The standard InChI is InChI=1S/C36H48BrN3O7/c1-4-15-23(2)39-19-13-8-11-18-27(42)38-24(3)30(25-16-9-7-10-17-25)46-35(45)28-29-33(43)40(20-12-5-6-14-21-41)32(34(39)44)36(29)22-26(37)31(28)47-36/h7-10,13,16-17,22-24,28-32,41H,4-6,11-12,14-15,18-21H2,1-3H3,(H,38,42)/b13-8-/t23?,24-,28+,29-,30+,31+,32+,36-/m0/s1. The van der Waals surface area contributed by atoms with Crippen molar-refractivity contribution in [2.24, 2.45) is 11.8 Å². The van der Waals surface area contributed by atoms with Crippen LogP contribution < -0.4 is 5.32 Å². The van der Waals surface area contributed by atoms with Gasteiger partial charge in [0.25, 0.3) is 0 Å². The van der Waals surface area contributed by atoms with Gasteiger partial charge in [0, 0.05) is 36.6 Å². The molecule has 256 valence electrons. The van der Waals surface area contributed by atoms with Gasteiger partial charge in [-0.15, -0.1) is 0 Å². The Labute approximate surface area is 286 Å². The number of rotatable bonds is 10. The quantitative estimate of drug-likeness (QED) is 0.207. The lowest BCUT2D eigenvalue weighted by Crippen LogP contribution is -2.57. The molecule has 4 aliphatic rings. The van der Waals surface area contributed by atoms with Gasteiger partial charge in [0.1, 0.15) is 29.8 Å². The summed E-state index contributed by atoms with van der Waals surface area (Å²) in [6.07, 6.45) is 9.39. The number of carbonyl (C=O) groups is 4. The van der Waals surface area contributed by atoms with Gasteiger partial charge < -0.3 is 29.7 Å². The van der Waals surface area contributed by atoms with E-state index in [4.69, 9.17) is 9.47 Å². The zero-order chi connectivity index (χ0) is 33.7. The normalized spacial score (nSPS) is 32.6. The number of carbonyl (C=O) groups excluding carboxylic acids is 4. The van der Waals surface area contributed by atoms with Gasteiger partial charge in [-0.1, -0.05) is 84.6 Å². The molecule has 1 aromatic carbocycles. The molecule has 1 aromatic rings. The summed E-state index contributed by atoms with van der Waals surface area (Å²) in [5, 5.41) is 12.3. The smallest absolute Gasteiger partial charge is 0.313 e. The molecule has 1 unspecified atom stereocenters. The summed E-state index contributed by atoms with van der Waals surface area (Å²) in [4.78, 5) is 60.1. The number of hydrogen-bond donors (Lipinski definition) is 2. The average Bonchev–Trinajstić information content (AvgIpc) is 3.64. The van der Waals surface area contributed by atoms with Crippen molar-refractivity contribution in [3.05, 3.63) is 58.6 Å². The highest BCUT2D eigenvalue weighted by Gasteiger charge is 2.75. The maximum atomic E-state index is 14.8. The van der Waals surface area contributed by atoms with Crippen LogP contribution >= 0.6 is 15.9 Å². The molecule has 5 bridgehead atoms. The van der Waals surface area contributed by atoms with Gasteiger partial charge in [0.05, 0.1) is 12.0 Å². The van der Waals surface area contributed by atoms with Crippen molar-refractivity contribution in [1.29, 1.82) is 0 Å². The zero-order valence-corrected chi connectivity index (χ0v) is 29.2. The lowest BCUT2D eigenvalue weighted by Gasteiger charge is -2.38. The summed E-state index contributed by atoms with van der Waals surface area (Å²) in [5.41, 5.74) is -0.619. The van der Waals surface area contributed by atoms with Gasteiger partial charge in [0.15, 0.2) is 0 Å². The van der Waals surface area contributed by atoms with E-state index in [9.17, 15) is 24.3 Å². The van der Waals surface area contributed by atoms with E-state index in [1.54, 1.807) is 4.90 Å². The molecule has 5 rings (SSSR count). The number of nitrogens with zero attached hydrogens (tertiary/aromatic N) is 2. The summed E-state index contributed by atoms with van der Waals surface area (Å²) >= 11 is 3.63. The number of likely N-dealkylation sites (tertiary alicyclic amines) is 1. The molecule has 0 aromatic heterocycles. The van der Waals surface area contributed by atoms with Gasteiger partial charge in [-0.2, -0.15) is 0 Å². The van der Waals surface area contributed by atoms with Gasteiger partial charge in [-0.3, -0.25) is 19.2 Å². The predicted octanol–water partition coefficient (Wildman–Crippen LogP) is 4.57. The number of aliphatic hydroxyl groups excluding tert-OH is 1. The minimum atomic E-state index is -1.34. The minimum Gasteiger partial charge on any atom is -0.455 e. The minimum absolute atomic E-state index is 0.108. The summed E-state index contributed by atoms with van der Waals surface area (Å²) in [7, 11) is 0. The van der Waals surface area contributed by atoms with E-state index in [0.717, 1.165) is 31.2 Å². The Kier molecular flexibility index (Phi) is 11.6. The third-order valence-corrected chi connectivity index (χ3v) is 10.7. The molecule has 8 atom stereocenters. The number of nitrogens with one attached hydrogen (secondary N) is 1. The fourth-order valence-corrected chi connectivity index (χ4v) is 8.43.